The number of hydrogen-bond donors (Lipinski definition) is 1. The predicted octanol–water partition coefficient (Wildman–Crippen LogP) is 2.68. The molecule has 1 aromatic heterocycles. The van der Waals surface area contributed by atoms with E-state index in [0.717, 1.165) is 18.0 Å². The summed E-state index contributed by atoms with van der Waals surface area (Å²) < 4.78 is 0. The van der Waals surface area contributed by atoms with Crippen LogP contribution in [-0.2, 0) is 0 Å². The Balaban J connectivity index is 2.43. The van der Waals surface area contributed by atoms with E-state index < -0.39 is 0 Å². The second-order valence-corrected chi connectivity index (χ2v) is 4.43. The Morgan fingerprint density at radius 2 is 2.36 bits per heavy atom. The molecule has 1 rings (SSSR count). The van der Waals surface area contributed by atoms with Gasteiger partial charge in [0.2, 0.25) is 0 Å². The molecule has 0 radical (unpaired) electrons. The Bertz CT molecular complexity index is 283. The van der Waals surface area contributed by atoms with Gasteiger partial charge in [0.15, 0.2) is 0 Å². The molecule has 5 heteroatoms. The summed E-state index contributed by atoms with van der Waals surface area (Å²) in [5, 5.41) is 3.74. The van der Waals surface area contributed by atoms with Crippen LogP contribution < -0.4 is 5.32 Å². The van der Waals surface area contributed by atoms with Crippen molar-refractivity contribution >= 4 is 29.2 Å². The van der Waals surface area contributed by atoms with Gasteiger partial charge in [-0.25, -0.2) is 9.97 Å². The van der Waals surface area contributed by atoms with Gasteiger partial charge in [0.1, 0.15) is 17.3 Å². The zero-order chi connectivity index (χ0) is 10.4. The fraction of sp³-hybridized carbons (Fsp3) is 0.556. The summed E-state index contributed by atoms with van der Waals surface area (Å²) in [7, 11) is 0. The molecule has 78 valence electrons. The first-order valence-corrected chi connectivity index (χ1v) is 6.22. The Labute approximate surface area is 93.7 Å². The molecule has 3 nitrogen and oxygen atoms in total. The number of anilines is 1. The summed E-state index contributed by atoms with van der Waals surface area (Å²) in [6, 6.07) is 2.14. The number of thioether (sulfide) groups is 1. The van der Waals surface area contributed by atoms with E-state index in [4.69, 9.17) is 11.6 Å². The van der Waals surface area contributed by atoms with Crippen LogP contribution in [0.5, 0.6) is 0 Å². The monoisotopic (exact) mass is 231 g/mol. The van der Waals surface area contributed by atoms with Gasteiger partial charge in [-0.1, -0.05) is 11.6 Å². The van der Waals surface area contributed by atoms with Crippen LogP contribution in [0.1, 0.15) is 13.3 Å². The Kier molecular flexibility index (Phi) is 5.04. The normalized spacial score (nSPS) is 12.5. The highest BCUT2D eigenvalue weighted by atomic mass is 35.5. The molecular weight excluding hydrogens is 218 g/mol. The van der Waals surface area contributed by atoms with Crippen LogP contribution in [0.4, 0.5) is 5.82 Å². The zero-order valence-electron chi connectivity index (χ0n) is 8.33. The summed E-state index contributed by atoms with van der Waals surface area (Å²) in [6.45, 7) is 2.13. The van der Waals surface area contributed by atoms with Crippen LogP contribution in [0, 0.1) is 0 Å². The Morgan fingerprint density at radius 3 is 3.00 bits per heavy atom. The second-order valence-electron chi connectivity index (χ2n) is 3.05. The molecule has 14 heavy (non-hydrogen) atoms. The topological polar surface area (TPSA) is 37.8 Å². The third kappa shape index (κ3) is 4.15. The van der Waals surface area contributed by atoms with Crippen LogP contribution in [0.15, 0.2) is 12.4 Å². The minimum absolute atomic E-state index is 0.411. The minimum atomic E-state index is 0.411. The number of rotatable bonds is 5. The van der Waals surface area contributed by atoms with Gasteiger partial charge in [0, 0.05) is 12.1 Å². The number of hydrogen-bond acceptors (Lipinski definition) is 4. The molecule has 0 spiro atoms. The average molecular weight is 232 g/mol. The summed E-state index contributed by atoms with van der Waals surface area (Å²) in [6.07, 6.45) is 4.68. The fourth-order valence-corrected chi connectivity index (χ4v) is 1.77. The summed E-state index contributed by atoms with van der Waals surface area (Å²) >= 11 is 7.58. The lowest BCUT2D eigenvalue weighted by atomic mass is 10.2. The molecule has 1 unspecified atom stereocenters. The maximum Gasteiger partial charge on any atom is 0.134 e. The second kappa shape index (κ2) is 6.09. The van der Waals surface area contributed by atoms with Crippen LogP contribution in [-0.4, -0.2) is 28.0 Å². The van der Waals surface area contributed by atoms with Crippen molar-refractivity contribution in [3.8, 4) is 0 Å². The van der Waals surface area contributed by atoms with E-state index >= 15 is 0 Å². The fourth-order valence-electron chi connectivity index (χ4n) is 1.03. The zero-order valence-corrected chi connectivity index (χ0v) is 9.90. The Hall–Kier alpha value is -0.480. The molecule has 1 heterocycles. The van der Waals surface area contributed by atoms with Gasteiger partial charge in [-0.3, -0.25) is 0 Å². The molecule has 1 aromatic rings. The standard InChI is InChI=1S/C9H14ClN3S/c1-7(3-4-14-2)13-9-5-8(10)11-6-12-9/h5-7H,3-4H2,1-2H3,(H,11,12,13). The van der Waals surface area contributed by atoms with Gasteiger partial charge >= 0.3 is 0 Å². The molecular formula is C9H14ClN3S. The molecule has 0 saturated heterocycles. The van der Waals surface area contributed by atoms with Gasteiger partial charge in [0.25, 0.3) is 0 Å². The van der Waals surface area contributed by atoms with E-state index in [1.165, 1.54) is 6.33 Å². The smallest absolute Gasteiger partial charge is 0.134 e. The van der Waals surface area contributed by atoms with Gasteiger partial charge < -0.3 is 5.32 Å². The van der Waals surface area contributed by atoms with E-state index in [2.05, 4.69) is 28.5 Å². The summed E-state index contributed by atoms with van der Waals surface area (Å²) in [4.78, 5) is 7.89. The average Bonchev–Trinajstić information content (AvgIpc) is 2.15. The third-order valence-corrected chi connectivity index (χ3v) is 2.63. The predicted molar refractivity (Wildman–Crippen MR) is 63.1 cm³/mol. The number of aromatic nitrogens is 2. The molecule has 0 fully saturated rings. The van der Waals surface area contributed by atoms with Crippen molar-refractivity contribution in [2.24, 2.45) is 0 Å². The van der Waals surface area contributed by atoms with Crippen LogP contribution >= 0.6 is 23.4 Å². The Morgan fingerprint density at radius 1 is 1.57 bits per heavy atom. The number of nitrogens with one attached hydrogen (secondary N) is 1. The summed E-state index contributed by atoms with van der Waals surface area (Å²) in [5.41, 5.74) is 0. The van der Waals surface area contributed by atoms with Crippen LogP contribution in [0.25, 0.3) is 0 Å². The highest BCUT2D eigenvalue weighted by Gasteiger charge is 2.02. The highest BCUT2D eigenvalue weighted by Crippen LogP contribution is 2.11. The van der Waals surface area contributed by atoms with Crippen molar-refractivity contribution in [2.75, 3.05) is 17.3 Å². The van der Waals surface area contributed by atoms with Crippen molar-refractivity contribution in [2.45, 2.75) is 19.4 Å². The lowest BCUT2D eigenvalue weighted by molar-refractivity contribution is 0.766. The van der Waals surface area contributed by atoms with Gasteiger partial charge in [0.05, 0.1) is 0 Å². The third-order valence-electron chi connectivity index (χ3n) is 1.78. The van der Waals surface area contributed by atoms with Crippen molar-refractivity contribution < 1.29 is 0 Å². The van der Waals surface area contributed by atoms with E-state index in [9.17, 15) is 0 Å². The van der Waals surface area contributed by atoms with Crippen molar-refractivity contribution in [1.82, 2.24) is 9.97 Å². The van der Waals surface area contributed by atoms with Gasteiger partial charge in [-0.15, -0.1) is 0 Å². The van der Waals surface area contributed by atoms with Crippen molar-refractivity contribution in [3.63, 3.8) is 0 Å². The van der Waals surface area contributed by atoms with Gasteiger partial charge in [-0.05, 0) is 25.4 Å². The first kappa shape index (κ1) is 11.6. The maximum atomic E-state index is 5.74. The van der Waals surface area contributed by atoms with Gasteiger partial charge in [-0.2, -0.15) is 11.8 Å². The molecule has 0 aliphatic rings. The summed E-state index contributed by atoms with van der Waals surface area (Å²) in [5.74, 6) is 1.94. The SMILES string of the molecule is CSCCC(C)Nc1cc(Cl)ncn1. The minimum Gasteiger partial charge on any atom is -0.367 e. The number of nitrogens with zero attached hydrogens (tertiary/aromatic N) is 2. The van der Waals surface area contributed by atoms with Crippen LogP contribution in [0.3, 0.4) is 0 Å². The quantitative estimate of drug-likeness (QED) is 0.791. The number of halogens is 1. The van der Waals surface area contributed by atoms with E-state index in [-0.39, 0.29) is 0 Å². The van der Waals surface area contributed by atoms with Crippen LogP contribution in [0.2, 0.25) is 5.15 Å². The van der Waals surface area contributed by atoms with E-state index in [0.29, 0.717) is 11.2 Å². The van der Waals surface area contributed by atoms with E-state index in [1.807, 2.05) is 11.8 Å². The van der Waals surface area contributed by atoms with Crippen molar-refractivity contribution in [3.05, 3.63) is 17.5 Å². The van der Waals surface area contributed by atoms with E-state index in [1.54, 1.807) is 6.07 Å². The first-order chi connectivity index (χ1) is 6.72. The molecule has 1 atom stereocenters. The maximum absolute atomic E-state index is 5.74. The molecule has 0 aliphatic carbocycles. The highest BCUT2D eigenvalue weighted by molar-refractivity contribution is 7.98. The molecule has 0 amide bonds. The largest absolute Gasteiger partial charge is 0.367 e. The molecule has 0 saturated carbocycles. The molecule has 1 N–H and O–H groups in total. The lowest BCUT2D eigenvalue weighted by Gasteiger charge is -2.13. The lowest BCUT2D eigenvalue weighted by Crippen LogP contribution is -2.16. The molecule has 0 aromatic carbocycles. The molecule has 0 aliphatic heterocycles. The molecule has 0 bridgehead atoms. The first-order valence-electron chi connectivity index (χ1n) is 4.45. The van der Waals surface area contributed by atoms with Crippen molar-refractivity contribution in [1.29, 1.82) is 0 Å².